The van der Waals surface area contributed by atoms with Gasteiger partial charge >= 0.3 is 0 Å². The lowest BCUT2D eigenvalue weighted by Crippen LogP contribution is -2.38. The number of nitrogen functional groups attached to an aromatic ring is 1. The molecular formula is C10H14ClN5O5S. The Bertz CT molecular complexity index is 723. The second-order valence-electron chi connectivity index (χ2n) is 4.51. The van der Waals surface area contributed by atoms with Crippen LogP contribution in [0.4, 0.5) is 5.95 Å². The van der Waals surface area contributed by atoms with Crippen molar-refractivity contribution in [1.29, 1.82) is 0 Å². The third kappa shape index (κ3) is 2.74. The third-order valence-electron chi connectivity index (χ3n) is 3.12. The maximum absolute atomic E-state index is 9.83. The van der Waals surface area contributed by atoms with Crippen LogP contribution in [0.1, 0.15) is 0 Å². The number of hydrogen-bond donors (Lipinski definition) is 5. The summed E-state index contributed by atoms with van der Waals surface area (Å²) in [4.78, 5) is 16.0. The molecule has 2 aromatic rings. The molecule has 0 spiro atoms. The van der Waals surface area contributed by atoms with Crippen molar-refractivity contribution < 1.29 is 24.9 Å². The normalized spacial score (nSPS) is 27.8. The van der Waals surface area contributed by atoms with E-state index >= 15 is 0 Å². The Kier molecular flexibility index (Phi) is 4.84. The number of imidazole rings is 1. The Hall–Kier alpha value is -1.50. The largest absolute Gasteiger partial charge is 0.394 e. The van der Waals surface area contributed by atoms with Crippen LogP contribution in [0.2, 0.25) is 0 Å². The molecule has 1 fully saturated rings. The number of fused-ring (bicyclic) bond motifs is 1. The van der Waals surface area contributed by atoms with E-state index in [9.17, 15) is 10.2 Å². The van der Waals surface area contributed by atoms with Crippen LogP contribution in [0.5, 0.6) is 0 Å². The first-order chi connectivity index (χ1) is 10.0. The molecule has 0 aromatic carbocycles. The zero-order valence-corrected chi connectivity index (χ0v) is 12.6. The van der Waals surface area contributed by atoms with Crippen LogP contribution in [0, 0.1) is 4.64 Å². The molecule has 10 nitrogen and oxygen atoms in total. The van der Waals surface area contributed by atoms with Crippen LogP contribution in [0.15, 0.2) is 6.33 Å². The van der Waals surface area contributed by atoms with Crippen molar-refractivity contribution in [2.24, 2.45) is 0 Å². The third-order valence-corrected chi connectivity index (χ3v) is 3.41. The molecule has 0 radical (unpaired) electrons. The lowest BCUT2D eigenvalue weighted by Gasteiger charge is -2.16. The van der Waals surface area contributed by atoms with E-state index < -0.39 is 31.2 Å². The van der Waals surface area contributed by atoms with E-state index in [0.29, 0.717) is 11.2 Å². The van der Waals surface area contributed by atoms with E-state index in [1.165, 1.54) is 11.1 Å². The molecule has 0 amide bonds. The predicted octanol–water partition coefficient (Wildman–Crippen LogP) is -1.64. The zero-order chi connectivity index (χ0) is 15.1. The van der Waals surface area contributed by atoms with Gasteiger partial charge in [-0.15, -0.1) is 12.4 Å². The van der Waals surface area contributed by atoms with Crippen molar-refractivity contribution in [3.63, 3.8) is 0 Å². The zero-order valence-electron chi connectivity index (χ0n) is 11.0. The van der Waals surface area contributed by atoms with Gasteiger partial charge in [0.1, 0.15) is 30.2 Å². The number of anilines is 1. The molecule has 4 atom stereocenters. The van der Waals surface area contributed by atoms with Crippen LogP contribution in [0.3, 0.4) is 0 Å². The standard InChI is InChI=1S/C10H13N5O5S.ClH/c11-10-13-7-4(8(21)14-10)12-2-15(7)20-9-6(18)5(17)3(1-16)19-9;/h2-3,5-6,9,16-18H,1H2,(H3,11,13,14,21);1H/t3-,5-,6-,9?;/m1./s1. The quantitative estimate of drug-likeness (QED) is 0.410. The molecule has 1 unspecified atom stereocenters. The van der Waals surface area contributed by atoms with Crippen molar-refractivity contribution in [2.45, 2.75) is 24.6 Å². The number of rotatable bonds is 3. The molecule has 122 valence electrons. The highest BCUT2D eigenvalue weighted by molar-refractivity contribution is 7.71. The second-order valence-corrected chi connectivity index (χ2v) is 4.89. The Morgan fingerprint density at radius 3 is 2.82 bits per heavy atom. The summed E-state index contributed by atoms with van der Waals surface area (Å²) in [5, 5.41) is 28.5. The van der Waals surface area contributed by atoms with Crippen LogP contribution in [0.25, 0.3) is 11.2 Å². The minimum absolute atomic E-state index is 0. The number of halogens is 1. The van der Waals surface area contributed by atoms with Gasteiger partial charge < -0.3 is 35.6 Å². The van der Waals surface area contributed by atoms with Crippen molar-refractivity contribution in [3.8, 4) is 0 Å². The van der Waals surface area contributed by atoms with Gasteiger partial charge in [-0.05, 0) is 0 Å². The Morgan fingerprint density at radius 2 is 2.18 bits per heavy atom. The molecular weight excluding hydrogens is 338 g/mol. The fourth-order valence-corrected chi connectivity index (χ4v) is 2.31. The van der Waals surface area contributed by atoms with E-state index in [2.05, 4.69) is 15.0 Å². The van der Waals surface area contributed by atoms with Gasteiger partial charge in [0.25, 0.3) is 6.29 Å². The number of H-pyrrole nitrogens is 1. The van der Waals surface area contributed by atoms with Crippen molar-refractivity contribution in [2.75, 3.05) is 12.3 Å². The molecule has 22 heavy (non-hydrogen) atoms. The highest BCUT2D eigenvalue weighted by Gasteiger charge is 2.44. The fourth-order valence-electron chi connectivity index (χ4n) is 2.06. The lowest BCUT2D eigenvalue weighted by atomic mass is 10.1. The number of hydrogen-bond acceptors (Lipinski definition) is 9. The van der Waals surface area contributed by atoms with Crippen molar-refractivity contribution in [1.82, 2.24) is 19.7 Å². The number of ether oxygens (including phenoxy) is 1. The summed E-state index contributed by atoms with van der Waals surface area (Å²) in [6.07, 6.45) is -3.37. The van der Waals surface area contributed by atoms with E-state index in [1.807, 2.05) is 0 Å². The molecule has 0 aliphatic carbocycles. The van der Waals surface area contributed by atoms with E-state index in [0.717, 1.165) is 0 Å². The lowest BCUT2D eigenvalue weighted by molar-refractivity contribution is -0.169. The van der Waals surface area contributed by atoms with E-state index in [1.54, 1.807) is 0 Å². The van der Waals surface area contributed by atoms with Gasteiger partial charge in [-0.25, -0.2) is 9.97 Å². The Labute approximate surface area is 134 Å². The van der Waals surface area contributed by atoms with Crippen LogP contribution in [-0.2, 0) is 4.74 Å². The number of nitrogens with zero attached hydrogens (tertiary/aromatic N) is 3. The minimum atomic E-state index is -1.32. The first-order valence-electron chi connectivity index (χ1n) is 6.03. The van der Waals surface area contributed by atoms with Gasteiger partial charge in [0.2, 0.25) is 5.95 Å². The predicted molar refractivity (Wildman–Crippen MR) is 78.7 cm³/mol. The van der Waals surface area contributed by atoms with Gasteiger partial charge in [0, 0.05) is 0 Å². The summed E-state index contributed by atoms with van der Waals surface area (Å²) in [7, 11) is 0. The molecule has 12 heteroatoms. The number of aliphatic hydroxyl groups is 3. The first-order valence-corrected chi connectivity index (χ1v) is 6.44. The molecule has 3 rings (SSSR count). The monoisotopic (exact) mass is 351 g/mol. The van der Waals surface area contributed by atoms with Crippen molar-refractivity contribution in [3.05, 3.63) is 11.0 Å². The number of nitrogens with one attached hydrogen (secondary N) is 1. The molecule has 6 N–H and O–H groups in total. The van der Waals surface area contributed by atoms with Gasteiger partial charge in [0.05, 0.1) is 6.61 Å². The molecule has 2 aromatic heterocycles. The maximum Gasteiger partial charge on any atom is 0.254 e. The SMILES string of the molecule is Cl.Nc1nc(=S)c2ncn(OC3O[C@H](CO)[C@@H](O)[C@H]3O)c2[nH]1. The van der Waals surface area contributed by atoms with Gasteiger partial charge in [-0.3, -0.25) is 0 Å². The van der Waals surface area contributed by atoms with Crippen LogP contribution >= 0.6 is 24.6 Å². The first kappa shape index (κ1) is 16.9. The Morgan fingerprint density at radius 1 is 1.45 bits per heavy atom. The minimum Gasteiger partial charge on any atom is -0.394 e. The van der Waals surface area contributed by atoms with E-state index in [4.69, 9.17) is 32.6 Å². The molecule has 0 saturated carbocycles. The average Bonchev–Trinajstić information content (AvgIpc) is 2.96. The highest BCUT2D eigenvalue weighted by atomic mass is 35.5. The Balaban J connectivity index is 0.00000176. The summed E-state index contributed by atoms with van der Waals surface area (Å²) in [6, 6.07) is 0. The molecule has 0 bridgehead atoms. The smallest absolute Gasteiger partial charge is 0.254 e. The number of aromatic nitrogens is 4. The summed E-state index contributed by atoms with van der Waals surface area (Å²) in [6.45, 7) is -0.442. The topological polar surface area (TPSA) is 152 Å². The van der Waals surface area contributed by atoms with Gasteiger partial charge in [-0.1, -0.05) is 12.2 Å². The summed E-state index contributed by atoms with van der Waals surface area (Å²) >= 11 is 5.02. The van der Waals surface area contributed by atoms with Gasteiger partial charge in [-0.2, -0.15) is 4.73 Å². The van der Waals surface area contributed by atoms with Crippen molar-refractivity contribution >= 4 is 41.7 Å². The number of aliphatic hydroxyl groups excluding tert-OH is 3. The summed E-state index contributed by atoms with van der Waals surface area (Å²) < 4.78 is 6.58. The molecule has 1 aliphatic heterocycles. The molecule has 1 aliphatic rings. The van der Waals surface area contributed by atoms with Crippen LogP contribution in [-0.4, -0.2) is 66.2 Å². The average molecular weight is 352 g/mol. The van der Waals surface area contributed by atoms with Crippen LogP contribution < -0.4 is 10.6 Å². The van der Waals surface area contributed by atoms with E-state index in [-0.39, 0.29) is 23.0 Å². The second kappa shape index (κ2) is 6.32. The maximum atomic E-state index is 9.83. The fraction of sp³-hybridized carbons (Fsp3) is 0.500. The number of nitrogens with two attached hydrogens (primary N) is 1. The number of aromatic amines is 1. The summed E-state index contributed by atoms with van der Waals surface area (Å²) in [5.41, 5.74) is 6.27. The molecule has 1 saturated heterocycles. The van der Waals surface area contributed by atoms with Gasteiger partial charge in [0.15, 0.2) is 10.3 Å². The highest BCUT2D eigenvalue weighted by Crippen LogP contribution is 2.21. The summed E-state index contributed by atoms with van der Waals surface area (Å²) in [5.74, 6) is 0.0824. The molecule has 3 heterocycles.